The lowest BCUT2D eigenvalue weighted by Gasteiger charge is -2.45. The molecule has 0 bridgehead atoms. The molecular formula is C7H15NO2S. The quantitative estimate of drug-likeness (QED) is 0.594. The summed E-state index contributed by atoms with van der Waals surface area (Å²) in [5.74, 6) is 0. The molecule has 11 heavy (non-hydrogen) atoms. The maximum atomic E-state index is 11.3. The Morgan fingerprint density at radius 2 is 1.73 bits per heavy atom. The number of hydrogen-bond acceptors (Lipinski definition) is 2. The van der Waals surface area contributed by atoms with E-state index in [1.165, 1.54) is 0 Å². The van der Waals surface area contributed by atoms with Crippen molar-refractivity contribution < 1.29 is 8.42 Å². The lowest BCUT2D eigenvalue weighted by Crippen LogP contribution is -2.63. The molecule has 0 spiro atoms. The molecular weight excluding hydrogens is 162 g/mol. The summed E-state index contributed by atoms with van der Waals surface area (Å²) in [6.45, 7) is 7.52. The Kier molecular flexibility index (Phi) is 2.01. The zero-order valence-corrected chi connectivity index (χ0v) is 8.22. The maximum Gasteiger partial charge on any atom is 0.218 e. The summed E-state index contributed by atoms with van der Waals surface area (Å²) < 4.78 is 24.2. The molecule has 0 amide bonds. The fraction of sp³-hybridized carbons (Fsp3) is 1.00. The zero-order valence-electron chi connectivity index (χ0n) is 7.40. The highest BCUT2D eigenvalue weighted by atomic mass is 32.2. The number of sulfonamides is 1. The van der Waals surface area contributed by atoms with Gasteiger partial charge in [-0.3, -0.25) is 0 Å². The minimum Gasteiger partial charge on any atom is -0.212 e. The lowest BCUT2D eigenvalue weighted by molar-refractivity contribution is 0.229. The van der Waals surface area contributed by atoms with Crippen LogP contribution < -0.4 is 0 Å². The summed E-state index contributed by atoms with van der Waals surface area (Å²) in [6, 6.07) is 0.284. The van der Waals surface area contributed by atoms with Gasteiger partial charge in [-0.05, 0) is 27.7 Å². The third-order valence-electron chi connectivity index (χ3n) is 2.35. The highest BCUT2D eigenvalue weighted by Crippen LogP contribution is 2.31. The summed E-state index contributed by atoms with van der Waals surface area (Å²) >= 11 is 0. The number of rotatable bonds is 1. The van der Waals surface area contributed by atoms with E-state index in [1.807, 2.05) is 20.8 Å². The van der Waals surface area contributed by atoms with Crippen LogP contribution in [0.25, 0.3) is 0 Å². The number of nitrogens with zero attached hydrogens (tertiary/aromatic N) is 1. The Morgan fingerprint density at radius 3 is 1.91 bits per heavy atom. The van der Waals surface area contributed by atoms with E-state index in [0.29, 0.717) is 0 Å². The van der Waals surface area contributed by atoms with Gasteiger partial charge in [-0.2, -0.15) is 4.31 Å². The average molecular weight is 177 g/mol. The van der Waals surface area contributed by atoms with Crippen LogP contribution in [0.2, 0.25) is 0 Å². The molecule has 1 heterocycles. The van der Waals surface area contributed by atoms with Gasteiger partial charge < -0.3 is 0 Å². The van der Waals surface area contributed by atoms with E-state index in [0.717, 1.165) is 0 Å². The van der Waals surface area contributed by atoms with E-state index < -0.39 is 10.0 Å². The van der Waals surface area contributed by atoms with Crippen LogP contribution in [0.4, 0.5) is 0 Å². The second kappa shape index (κ2) is 2.45. The SMILES string of the molecule is CC(C)N1C(C)C(C)S1(=O)=O. The Bertz CT molecular complexity index is 245. The second-order valence-corrected chi connectivity index (χ2v) is 5.61. The van der Waals surface area contributed by atoms with Crippen molar-refractivity contribution in [3.63, 3.8) is 0 Å². The topological polar surface area (TPSA) is 37.4 Å². The van der Waals surface area contributed by atoms with Gasteiger partial charge >= 0.3 is 0 Å². The van der Waals surface area contributed by atoms with Crippen LogP contribution in [-0.4, -0.2) is 30.1 Å². The molecule has 1 aliphatic rings. The molecule has 3 nitrogen and oxygen atoms in total. The molecule has 0 N–H and O–H groups in total. The van der Waals surface area contributed by atoms with E-state index in [4.69, 9.17) is 0 Å². The van der Waals surface area contributed by atoms with E-state index in [-0.39, 0.29) is 17.3 Å². The van der Waals surface area contributed by atoms with E-state index >= 15 is 0 Å². The maximum absolute atomic E-state index is 11.3. The van der Waals surface area contributed by atoms with Gasteiger partial charge in [-0.15, -0.1) is 0 Å². The predicted molar refractivity (Wildman–Crippen MR) is 44.8 cm³/mol. The van der Waals surface area contributed by atoms with Gasteiger partial charge in [0.1, 0.15) is 0 Å². The third kappa shape index (κ3) is 1.08. The first-order chi connectivity index (χ1) is 4.89. The second-order valence-electron chi connectivity index (χ2n) is 3.41. The summed E-state index contributed by atoms with van der Waals surface area (Å²) in [5.41, 5.74) is 0. The van der Waals surface area contributed by atoms with Crippen LogP contribution >= 0.6 is 0 Å². The Hall–Kier alpha value is -0.0900. The molecule has 1 saturated heterocycles. The first kappa shape index (κ1) is 9.00. The van der Waals surface area contributed by atoms with Crippen molar-refractivity contribution in [2.24, 2.45) is 0 Å². The summed E-state index contributed by atoms with van der Waals surface area (Å²) in [6.07, 6.45) is 0. The Labute approximate surface area is 68.4 Å². The van der Waals surface area contributed by atoms with Crippen LogP contribution in [0.1, 0.15) is 27.7 Å². The molecule has 0 aromatic rings. The molecule has 4 heteroatoms. The van der Waals surface area contributed by atoms with Crippen molar-refractivity contribution >= 4 is 10.0 Å². The monoisotopic (exact) mass is 177 g/mol. The zero-order chi connectivity index (χ0) is 8.81. The van der Waals surface area contributed by atoms with Gasteiger partial charge in [-0.25, -0.2) is 8.42 Å². The molecule has 2 atom stereocenters. The van der Waals surface area contributed by atoms with Gasteiger partial charge in [-0.1, -0.05) is 0 Å². The summed E-state index contributed by atoms with van der Waals surface area (Å²) in [5, 5.41) is -0.190. The van der Waals surface area contributed by atoms with Crippen LogP contribution in [0.3, 0.4) is 0 Å². The third-order valence-corrected chi connectivity index (χ3v) is 5.03. The Morgan fingerprint density at radius 1 is 1.27 bits per heavy atom. The lowest BCUT2D eigenvalue weighted by atomic mass is 10.2. The molecule has 1 aliphatic heterocycles. The minimum absolute atomic E-state index is 0.103. The van der Waals surface area contributed by atoms with E-state index in [2.05, 4.69) is 0 Å². The first-order valence-electron chi connectivity index (χ1n) is 3.91. The first-order valence-corrected chi connectivity index (χ1v) is 5.41. The minimum atomic E-state index is -2.92. The molecule has 0 saturated carbocycles. The summed E-state index contributed by atoms with van der Waals surface area (Å²) in [4.78, 5) is 0. The van der Waals surface area contributed by atoms with Crippen LogP contribution in [-0.2, 0) is 10.0 Å². The molecule has 2 unspecified atom stereocenters. The van der Waals surface area contributed by atoms with Gasteiger partial charge in [0.15, 0.2) is 0 Å². The molecule has 1 fully saturated rings. The van der Waals surface area contributed by atoms with Crippen LogP contribution in [0.15, 0.2) is 0 Å². The molecule has 0 radical (unpaired) electrons. The largest absolute Gasteiger partial charge is 0.218 e. The molecule has 0 aliphatic carbocycles. The Balaban J connectivity index is 2.86. The smallest absolute Gasteiger partial charge is 0.212 e. The van der Waals surface area contributed by atoms with Crippen molar-refractivity contribution in [3.8, 4) is 0 Å². The van der Waals surface area contributed by atoms with Crippen molar-refractivity contribution in [1.29, 1.82) is 0 Å². The van der Waals surface area contributed by atoms with Gasteiger partial charge in [0.05, 0.1) is 5.25 Å². The molecule has 0 aromatic carbocycles. The van der Waals surface area contributed by atoms with E-state index in [9.17, 15) is 8.42 Å². The van der Waals surface area contributed by atoms with Crippen molar-refractivity contribution in [3.05, 3.63) is 0 Å². The molecule has 66 valence electrons. The van der Waals surface area contributed by atoms with Gasteiger partial charge in [0.25, 0.3) is 0 Å². The van der Waals surface area contributed by atoms with Gasteiger partial charge in [0, 0.05) is 12.1 Å². The van der Waals surface area contributed by atoms with Gasteiger partial charge in [0.2, 0.25) is 10.0 Å². The van der Waals surface area contributed by atoms with Crippen molar-refractivity contribution in [1.82, 2.24) is 4.31 Å². The molecule has 0 aromatic heterocycles. The van der Waals surface area contributed by atoms with Crippen LogP contribution in [0.5, 0.6) is 0 Å². The normalized spacial score (nSPS) is 37.2. The van der Waals surface area contributed by atoms with Crippen molar-refractivity contribution in [2.75, 3.05) is 0 Å². The van der Waals surface area contributed by atoms with Crippen molar-refractivity contribution in [2.45, 2.75) is 45.0 Å². The highest BCUT2D eigenvalue weighted by Gasteiger charge is 2.49. The van der Waals surface area contributed by atoms with Crippen LogP contribution in [0, 0.1) is 0 Å². The molecule has 1 rings (SSSR count). The summed E-state index contributed by atoms with van der Waals surface area (Å²) in [7, 11) is -2.92. The predicted octanol–water partition coefficient (Wildman–Crippen LogP) is 0.817. The number of hydrogen-bond donors (Lipinski definition) is 0. The van der Waals surface area contributed by atoms with E-state index in [1.54, 1.807) is 11.2 Å². The fourth-order valence-corrected chi connectivity index (χ4v) is 3.63. The fourth-order valence-electron chi connectivity index (χ4n) is 1.58. The standard InChI is InChI=1S/C7H15NO2S/c1-5(2)8-6(3)7(4)11(8,9)10/h5-7H,1-4H3. The highest BCUT2D eigenvalue weighted by molar-refractivity contribution is 7.91. The average Bonchev–Trinajstić information content (AvgIpc) is 1.85.